The minimum Gasteiger partial charge on any atom is -0.307 e. The van der Waals surface area contributed by atoms with Crippen molar-refractivity contribution in [1.82, 2.24) is 15.1 Å². The summed E-state index contributed by atoms with van der Waals surface area (Å²) in [6.45, 7) is 18.8. The maximum atomic E-state index is 3.71. The van der Waals surface area contributed by atoms with Gasteiger partial charge in [0.15, 0.2) is 0 Å². The van der Waals surface area contributed by atoms with Crippen LogP contribution >= 0.6 is 0 Å². The third-order valence-electron chi connectivity index (χ3n) is 4.48. The van der Waals surface area contributed by atoms with Crippen LogP contribution in [-0.2, 0) is 0 Å². The summed E-state index contributed by atoms with van der Waals surface area (Å²) in [7, 11) is 0. The minimum atomic E-state index is 0.256. The summed E-state index contributed by atoms with van der Waals surface area (Å²) in [6.07, 6.45) is 2.69. The lowest BCUT2D eigenvalue weighted by Crippen LogP contribution is -2.65. The first-order valence-electron chi connectivity index (χ1n) is 7.92. The van der Waals surface area contributed by atoms with Crippen LogP contribution in [0.1, 0.15) is 54.4 Å². The number of piperidine rings is 1. The molecule has 19 heavy (non-hydrogen) atoms. The Balaban J connectivity index is 1.70. The van der Waals surface area contributed by atoms with Crippen molar-refractivity contribution in [2.24, 2.45) is 0 Å². The van der Waals surface area contributed by atoms with E-state index >= 15 is 0 Å². The molecule has 2 saturated heterocycles. The molecule has 0 unspecified atom stereocenters. The predicted molar refractivity (Wildman–Crippen MR) is 82.6 cm³/mol. The average Bonchev–Trinajstić information content (AvgIpc) is 2.20. The van der Waals surface area contributed by atoms with E-state index < -0.39 is 0 Å². The maximum Gasteiger partial charge on any atom is 0.0327 e. The summed E-state index contributed by atoms with van der Waals surface area (Å²) in [5.41, 5.74) is 0.600. The van der Waals surface area contributed by atoms with E-state index in [4.69, 9.17) is 0 Å². The van der Waals surface area contributed by atoms with Gasteiger partial charge in [0.2, 0.25) is 0 Å². The molecular formula is C16H33N3. The number of hydrogen-bond donors (Lipinski definition) is 1. The van der Waals surface area contributed by atoms with Crippen molar-refractivity contribution < 1.29 is 0 Å². The van der Waals surface area contributed by atoms with Gasteiger partial charge < -0.3 is 5.32 Å². The summed E-state index contributed by atoms with van der Waals surface area (Å²) in [6, 6.07) is 1.54. The smallest absolute Gasteiger partial charge is 0.0327 e. The van der Waals surface area contributed by atoms with Crippen LogP contribution < -0.4 is 5.32 Å². The van der Waals surface area contributed by atoms with Gasteiger partial charge >= 0.3 is 0 Å². The molecule has 0 aromatic carbocycles. The zero-order chi connectivity index (χ0) is 14.3. The van der Waals surface area contributed by atoms with Gasteiger partial charge in [-0.1, -0.05) is 0 Å². The van der Waals surface area contributed by atoms with E-state index in [1.807, 2.05) is 0 Å². The Kier molecular flexibility index (Phi) is 4.29. The van der Waals surface area contributed by atoms with E-state index in [-0.39, 0.29) is 5.54 Å². The Morgan fingerprint density at radius 2 is 1.42 bits per heavy atom. The molecule has 0 bridgehead atoms. The van der Waals surface area contributed by atoms with Gasteiger partial charge in [0.05, 0.1) is 0 Å². The number of hydrogen-bond acceptors (Lipinski definition) is 3. The molecular weight excluding hydrogens is 234 g/mol. The van der Waals surface area contributed by atoms with Crippen molar-refractivity contribution >= 4 is 0 Å². The zero-order valence-corrected chi connectivity index (χ0v) is 13.8. The summed E-state index contributed by atoms with van der Waals surface area (Å²) in [5, 5.41) is 3.71. The first-order valence-corrected chi connectivity index (χ1v) is 7.92. The molecule has 0 amide bonds. The fourth-order valence-corrected chi connectivity index (χ4v) is 3.42. The molecule has 0 spiro atoms. The molecule has 3 heteroatoms. The van der Waals surface area contributed by atoms with Gasteiger partial charge in [-0.3, -0.25) is 9.80 Å². The van der Waals surface area contributed by atoms with E-state index in [0.717, 1.165) is 6.04 Å². The molecule has 2 rings (SSSR count). The van der Waals surface area contributed by atoms with Gasteiger partial charge in [0, 0.05) is 49.3 Å². The van der Waals surface area contributed by atoms with E-state index in [0.29, 0.717) is 11.6 Å². The van der Waals surface area contributed by atoms with Crippen LogP contribution in [0.25, 0.3) is 0 Å². The molecule has 0 atom stereocenters. The highest BCUT2D eigenvalue weighted by Crippen LogP contribution is 2.26. The fraction of sp³-hybridized carbons (Fsp3) is 1.00. The van der Waals surface area contributed by atoms with Gasteiger partial charge in [0.25, 0.3) is 0 Å². The third kappa shape index (κ3) is 4.17. The summed E-state index contributed by atoms with van der Waals surface area (Å²) >= 11 is 0. The molecule has 3 nitrogen and oxygen atoms in total. The molecule has 2 aliphatic rings. The van der Waals surface area contributed by atoms with E-state index in [9.17, 15) is 0 Å². The van der Waals surface area contributed by atoms with Gasteiger partial charge in [0.1, 0.15) is 0 Å². The lowest BCUT2D eigenvalue weighted by atomic mass is 9.93. The van der Waals surface area contributed by atoms with E-state index in [1.54, 1.807) is 0 Å². The normalized spacial score (nSPS) is 25.6. The third-order valence-corrected chi connectivity index (χ3v) is 4.48. The molecule has 0 aromatic rings. The number of nitrogens with one attached hydrogen (secondary N) is 1. The summed E-state index contributed by atoms with van der Waals surface area (Å²) in [4.78, 5) is 5.32. The SMILES string of the molecule is CC(C)(C)NC1CN(C2CCN(C(C)(C)C)CC2)C1. The van der Waals surface area contributed by atoms with Crippen molar-refractivity contribution in [2.45, 2.75) is 77.5 Å². The van der Waals surface area contributed by atoms with Crippen molar-refractivity contribution in [3.8, 4) is 0 Å². The number of likely N-dealkylation sites (tertiary alicyclic amines) is 2. The van der Waals surface area contributed by atoms with Gasteiger partial charge in [-0.25, -0.2) is 0 Å². The first kappa shape index (κ1) is 15.3. The number of rotatable bonds is 2. The van der Waals surface area contributed by atoms with E-state index in [2.05, 4.69) is 56.7 Å². The highest BCUT2D eigenvalue weighted by molar-refractivity contribution is 4.95. The van der Waals surface area contributed by atoms with Crippen molar-refractivity contribution in [3.63, 3.8) is 0 Å². The summed E-state index contributed by atoms with van der Waals surface area (Å²) in [5.74, 6) is 0. The Labute approximate surface area is 119 Å². The van der Waals surface area contributed by atoms with Crippen LogP contribution in [-0.4, -0.2) is 59.1 Å². The highest BCUT2D eigenvalue weighted by Gasteiger charge is 2.36. The van der Waals surface area contributed by atoms with Crippen molar-refractivity contribution in [2.75, 3.05) is 26.2 Å². The standard InChI is InChI=1S/C16H33N3/c1-15(2,3)17-13-11-18(12-13)14-7-9-19(10-8-14)16(4,5)6/h13-14,17H,7-12H2,1-6H3. The molecule has 2 fully saturated rings. The second kappa shape index (κ2) is 5.34. The molecule has 1 N–H and O–H groups in total. The van der Waals surface area contributed by atoms with Crippen LogP contribution in [0.15, 0.2) is 0 Å². The van der Waals surface area contributed by atoms with Crippen LogP contribution in [0, 0.1) is 0 Å². The first-order chi connectivity index (χ1) is 8.65. The predicted octanol–water partition coefficient (Wildman–Crippen LogP) is 2.32. The van der Waals surface area contributed by atoms with Crippen LogP contribution in [0.5, 0.6) is 0 Å². The fourth-order valence-electron chi connectivity index (χ4n) is 3.42. The highest BCUT2D eigenvalue weighted by atomic mass is 15.3. The second-order valence-electron chi connectivity index (χ2n) is 8.43. The van der Waals surface area contributed by atoms with Gasteiger partial charge in [-0.15, -0.1) is 0 Å². The number of nitrogens with zero attached hydrogens (tertiary/aromatic N) is 2. The van der Waals surface area contributed by atoms with Gasteiger partial charge in [-0.05, 0) is 54.4 Å². The Morgan fingerprint density at radius 1 is 0.895 bits per heavy atom. The molecule has 2 aliphatic heterocycles. The van der Waals surface area contributed by atoms with Crippen LogP contribution in [0.4, 0.5) is 0 Å². The maximum absolute atomic E-state index is 3.71. The lowest BCUT2D eigenvalue weighted by molar-refractivity contribution is 0.00912. The second-order valence-corrected chi connectivity index (χ2v) is 8.43. The molecule has 0 saturated carbocycles. The molecule has 0 aliphatic carbocycles. The molecule has 112 valence electrons. The quantitative estimate of drug-likeness (QED) is 0.828. The zero-order valence-electron chi connectivity index (χ0n) is 13.8. The average molecular weight is 267 g/mol. The molecule has 0 aromatic heterocycles. The van der Waals surface area contributed by atoms with Gasteiger partial charge in [-0.2, -0.15) is 0 Å². The van der Waals surface area contributed by atoms with Crippen LogP contribution in [0.3, 0.4) is 0 Å². The Bertz CT molecular complexity index is 286. The topological polar surface area (TPSA) is 18.5 Å². The van der Waals surface area contributed by atoms with E-state index in [1.165, 1.54) is 39.0 Å². The molecule has 2 heterocycles. The van der Waals surface area contributed by atoms with Crippen molar-refractivity contribution in [3.05, 3.63) is 0 Å². The minimum absolute atomic E-state index is 0.256. The largest absolute Gasteiger partial charge is 0.307 e. The lowest BCUT2D eigenvalue weighted by Gasteiger charge is -2.50. The summed E-state index contributed by atoms with van der Waals surface area (Å²) < 4.78 is 0. The van der Waals surface area contributed by atoms with Crippen LogP contribution in [0.2, 0.25) is 0 Å². The monoisotopic (exact) mass is 267 g/mol. The Morgan fingerprint density at radius 3 is 1.84 bits per heavy atom. The molecule has 0 radical (unpaired) electrons. The van der Waals surface area contributed by atoms with Crippen molar-refractivity contribution in [1.29, 1.82) is 0 Å². The Hall–Kier alpha value is -0.120.